The number of aliphatic hydroxyl groups excluding tert-OH is 1. The summed E-state index contributed by atoms with van der Waals surface area (Å²) in [6, 6.07) is -0.885. The molecule has 3 unspecified atom stereocenters. The van der Waals surface area contributed by atoms with Crippen LogP contribution in [0.3, 0.4) is 0 Å². The lowest BCUT2D eigenvalue weighted by atomic mass is 10.0. The molecule has 2 N–H and O–H groups in total. The van der Waals surface area contributed by atoms with Gasteiger partial charge in [-0.2, -0.15) is 0 Å². The van der Waals surface area contributed by atoms with E-state index in [9.17, 15) is 19.4 Å². The van der Waals surface area contributed by atoms with Crippen molar-refractivity contribution < 1.29 is 32.9 Å². The van der Waals surface area contributed by atoms with E-state index in [0.717, 1.165) is 44.9 Å². The molecule has 0 aromatic rings. The van der Waals surface area contributed by atoms with E-state index in [1.54, 1.807) is 6.08 Å². The van der Waals surface area contributed by atoms with Gasteiger partial charge in [0.15, 0.2) is 0 Å². The van der Waals surface area contributed by atoms with Crippen molar-refractivity contribution in [3.63, 3.8) is 0 Å². The Kier molecular flexibility index (Phi) is 33.6. The molecular weight excluding hydrogens is 659 g/mol. The Morgan fingerprint density at radius 3 is 1.67 bits per heavy atom. The SMILES string of the molecule is CCCCC/C=C\C/C=C\CCCCCCCCCCCC(=O)NC(COP(=O)([O-])OCC[N+](C)(C)C)C(O)/C=C/CCCCCCCCCC. The fourth-order valence-corrected chi connectivity index (χ4v) is 6.43. The average molecular weight is 741 g/mol. The Labute approximate surface area is 315 Å². The number of amides is 1. The van der Waals surface area contributed by atoms with Crippen LogP contribution in [0.2, 0.25) is 0 Å². The Balaban J connectivity index is 4.38. The number of carbonyl (C=O) groups excluding carboxylic acids is 1. The van der Waals surface area contributed by atoms with Crippen molar-refractivity contribution in [2.75, 3.05) is 40.9 Å². The number of phosphoric ester groups is 1. The molecule has 0 aliphatic carbocycles. The fourth-order valence-electron chi connectivity index (χ4n) is 5.71. The summed E-state index contributed by atoms with van der Waals surface area (Å²) in [4.78, 5) is 25.2. The zero-order chi connectivity index (χ0) is 37.9. The topological polar surface area (TPSA) is 108 Å². The van der Waals surface area contributed by atoms with Gasteiger partial charge in [-0.1, -0.05) is 153 Å². The molecule has 51 heavy (non-hydrogen) atoms. The Hall–Kier alpha value is -1.28. The lowest BCUT2D eigenvalue weighted by molar-refractivity contribution is -0.870. The predicted octanol–water partition coefficient (Wildman–Crippen LogP) is 10.5. The number of hydrogen-bond acceptors (Lipinski definition) is 6. The average Bonchev–Trinajstić information content (AvgIpc) is 3.07. The molecule has 0 saturated heterocycles. The minimum atomic E-state index is -4.58. The van der Waals surface area contributed by atoms with Crippen molar-refractivity contribution in [2.45, 2.75) is 187 Å². The van der Waals surface area contributed by atoms with Crippen LogP contribution in [0.4, 0.5) is 0 Å². The Morgan fingerprint density at radius 1 is 0.686 bits per heavy atom. The summed E-state index contributed by atoms with van der Waals surface area (Å²) in [6.45, 7) is 4.58. The lowest BCUT2D eigenvalue weighted by Gasteiger charge is -2.29. The van der Waals surface area contributed by atoms with Gasteiger partial charge in [0.1, 0.15) is 13.2 Å². The molecule has 0 aliphatic heterocycles. The maximum atomic E-state index is 12.8. The van der Waals surface area contributed by atoms with Gasteiger partial charge in [-0.05, 0) is 51.4 Å². The molecular formula is C42H81N2O6P. The van der Waals surface area contributed by atoms with Gasteiger partial charge < -0.3 is 28.8 Å². The van der Waals surface area contributed by atoms with Crippen LogP contribution in [0.25, 0.3) is 0 Å². The molecule has 0 aliphatic rings. The summed E-state index contributed by atoms with van der Waals surface area (Å²) in [7, 11) is 1.25. The summed E-state index contributed by atoms with van der Waals surface area (Å²) >= 11 is 0. The van der Waals surface area contributed by atoms with Crippen molar-refractivity contribution in [1.29, 1.82) is 0 Å². The molecule has 300 valence electrons. The highest BCUT2D eigenvalue weighted by molar-refractivity contribution is 7.45. The summed E-state index contributed by atoms with van der Waals surface area (Å²) in [5.74, 6) is -0.206. The van der Waals surface area contributed by atoms with Gasteiger partial charge in [0.2, 0.25) is 5.91 Å². The summed E-state index contributed by atoms with van der Waals surface area (Å²) in [6.07, 6.45) is 40.4. The monoisotopic (exact) mass is 741 g/mol. The quantitative estimate of drug-likeness (QED) is 0.0284. The molecule has 0 fully saturated rings. The second-order valence-electron chi connectivity index (χ2n) is 15.3. The molecule has 0 aromatic carbocycles. The zero-order valence-corrected chi connectivity index (χ0v) is 34.7. The molecule has 3 atom stereocenters. The predicted molar refractivity (Wildman–Crippen MR) is 215 cm³/mol. The highest BCUT2D eigenvalue weighted by Crippen LogP contribution is 2.38. The number of quaternary nitrogens is 1. The van der Waals surface area contributed by atoms with E-state index >= 15 is 0 Å². The van der Waals surface area contributed by atoms with Gasteiger partial charge in [-0.15, -0.1) is 0 Å². The van der Waals surface area contributed by atoms with Crippen molar-refractivity contribution in [2.24, 2.45) is 0 Å². The molecule has 8 nitrogen and oxygen atoms in total. The minimum absolute atomic E-state index is 0.00245. The number of unbranched alkanes of at least 4 members (excludes halogenated alkanes) is 20. The van der Waals surface area contributed by atoms with E-state index in [1.807, 2.05) is 27.2 Å². The van der Waals surface area contributed by atoms with Crippen molar-refractivity contribution in [3.8, 4) is 0 Å². The van der Waals surface area contributed by atoms with Crippen LogP contribution in [-0.4, -0.2) is 68.5 Å². The first kappa shape index (κ1) is 49.7. The number of likely N-dealkylation sites (N-methyl/N-ethyl adjacent to an activating group) is 1. The van der Waals surface area contributed by atoms with Crippen LogP contribution in [0.15, 0.2) is 36.5 Å². The maximum absolute atomic E-state index is 12.8. The fraction of sp³-hybridized carbons (Fsp3) is 0.833. The second-order valence-corrected chi connectivity index (χ2v) is 16.8. The molecule has 0 spiro atoms. The summed E-state index contributed by atoms with van der Waals surface area (Å²) in [5, 5.41) is 13.7. The zero-order valence-electron chi connectivity index (χ0n) is 33.8. The van der Waals surface area contributed by atoms with Gasteiger partial charge in [0, 0.05) is 6.42 Å². The number of hydrogen-bond donors (Lipinski definition) is 2. The van der Waals surface area contributed by atoms with Crippen LogP contribution >= 0.6 is 7.82 Å². The standard InChI is InChI=1S/C42H81N2O6P/c1-6-8-10-12-14-16-18-19-20-21-22-23-24-25-26-28-30-32-34-36-42(46)43-40(39-50-51(47,48)49-38-37-44(3,4)5)41(45)35-33-31-29-27-17-15-13-11-9-7-2/h14,16,19-20,33,35,40-41,45H,6-13,15,17-18,21-32,34,36-39H2,1-5H3,(H-,43,46,47,48)/b16-14-,20-19-,35-33+. The molecule has 0 saturated carbocycles. The number of aliphatic hydroxyl groups is 1. The van der Waals surface area contributed by atoms with Crippen molar-refractivity contribution in [3.05, 3.63) is 36.5 Å². The largest absolute Gasteiger partial charge is 0.756 e. The van der Waals surface area contributed by atoms with Crippen LogP contribution in [0.5, 0.6) is 0 Å². The highest BCUT2D eigenvalue weighted by Gasteiger charge is 2.23. The van der Waals surface area contributed by atoms with Crippen LogP contribution in [0, 0.1) is 0 Å². The number of nitrogens with one attached hydrogen (secondary N) is 1. The Bertz CT molecular complexity index is 933. The first-order chi connectivity index (χ1) is 24.5. The van der Waals surface area contributed by atoms with Crippen molar-refractivity contribution >= 4 is 13.7 Å². The van der Waals surface area contributed by atoms with Crippen LogP contribution in [-0.2, 0) is 18.4 Å². The second kappa shape index (κ2) is 34.5. The van der Waals surface area contributed by atoms with Gasteiger partial charge in [-0.3, -0.25) is 9.36 Å². The van der Waals surface area contributed by atoms with Gasteiger partial charge in [0.05, 0.1) is 39.9 Å². The van der Waals surface area contributed by atoms with Gasteiger partial charge >= 0.3 is 0 Å². The van der Waals surface area contributed by atoms with Gasteiger partial charge in [0.25, 0.3) is 7.82 Å². The van der Waals surface area contributed by atoms with E-state index < -0.39 is 20.0 Å². The lowest BCUT2D eigenvalue weighted by Crippen LogP contribution is -2.45. The van der Waals surface area contributed by atoms with Crippen molar-refractivity contribution in [1.82, 2.24) is 5.32 Å². The number of rotatable bonds is 37. The minimum Gasteiger partial charge on any atom is -0.756 e. The van der Waals surface area contributed by atoms with Crippen LogP contribution in [0.1, 0.15) is 174 Å². The smallest absolute Gasteiger partial charge is 0.268 e. The van der Waals surface area contributed by atoms with E-state index in [2.05, 4.69) is 43.5 Å². The number of phosphoric acid groups is 1. The number of allylic oxidation sites excluding steroid dienone is 5. The molecule has 0 aromatic heterocycles. The molecule has 0 bridgehead atoms. The summed E-state index contributed by atoms with van der Waals surface area (Å²) < 4.78 is 23.1. The normalized spacial score (nSPS) is 14.9. The van der Waals surface area contributed by atoms with E-state index in [0.29, 0.717) is 17.4 Å². The van der Waals surface area contributed by atoms with E-state index in [1.165, 1.54) is 109 Å². The first-order valence-electron chi connectivity index (χ1n) is 20.9. The number of nitrogens with zero attached hydrogens (tertiary/aromatic N) is 1. The van der Waals surface area contributed by atoms with E-state index in [4.69, 9.17) is 9.05 Å². The molecule has 0 radical (unpaired) electrons. The third kappa shape index (κ3) is 36.9. The molecule has 1 amide bonds. The third-order valence-electron chi connectivity index (χ3n) is 9.09. The van der Waals surface area contributed by atoms with E-state index in [-0.39, 0.29) is 19.1 Å². The number of carbonyl (C=O) groups is 1. The molecule has 9 heteroatoms. The maximum Gasteiger partial charge on any atom is 0.268 e. The van der Waals surface area contributed by atoms with Crippen LogP contribution < -0.4 is 10.2 Å². The third-order valence-corrected chi connectivity index (χ3v) is 10.1. The Morgan fingerprint density at radius 2 is 1.14 bits per heavy atom. The highest BCUT2D eigenvalue weighted by atomic mass is 31.2. The first-order valence-corrected chi connectivity index (χ1v) is 22.3. The summed E-state index contributed by atoms with van der Waals surface area (Å²) in [5.41, 5.74) is 0. The molecule has 0 heterocycles. The molecule has 0 rings (SSSR count). The van der Waals surface area contributed by atoms with Gasteiger partial charge in [-0.25, -0.2) is 0 Å².